The van der Waals surface area contributed by atoms with Crippen LogP contribution in [0.1, 0.15) is 71.0 Å². The molecule has 1 atom stereocenters. The van der Waals surface area contributed by atoms with Gasteiger partial charge in [0.05, 0.1) is 5.52 Å². The van der Waals surface area contributed by atoms with Crippen molar-refractivity contribution in [3.8, 4) is 5.75 Å². The lowest BCUT2D eigenvalue weighted by molar-refractivity contribution is -0.137. The Morgan fingerprint density at radius 2 is 1.82 bits per heavy atom. The molecule has 4 aromatic rings. The number of aryl methyl sites for hydroxylation is 1. The number of rotatable bonds is 13. The number of hydrogen-bond donors (Lipinski definition) is 1. The van der Waals surface area contributed by atoms with E-state index in [1.807, 2.05) is 53.1 Å². The molecule has 38 heavy (non-hydrogen) atoms. The number of nitrogens with zero attached hydrogens (tertiary/aromatic N) is 1. The van der Waals surface area contributed by atoms with Crippen molar-refractivity contribution in [2.45, 2.75) is 51.0 Å². The molecule has 1 aliphatic rings. The second-order valence-corrected chi connectivity index (χ2v) is 10.1. The van der Waals surface area contributed by atoms with E-state index < -0.39 is 5.97 Å². The molecular weight excluding hydrogens is 474 g/mol. The van der Waals surface area contributed by atoms with Crippen LogP contribution in [-0.4, -0.2) is 21.3 Å². The van der Waals surface area contributed by atoms with Crippen LogP contribution in [0.5, 0.6) is 5.75 Å². The van der Waals surface area contributed by atoms with Crippen molar-refractivity contribution in [1.82, 2.24) is 4.40 Å². The van der Waals surface area contributed by atoms with E-state index >= 15 is 0 Å². The third kappa shape index (κ3) is 6.05. The lowest BCUT2D eigenvalue weighted by Gasteiger charge is -2.19. The lowest BCUT2D eigenvalue weighted by Crippen LogP contribution is -2.07. The summed E-state index contributed by atoms with van der Waals surface area (Å²) < 4.78 is 8.29. The molecular formula is C33H33NO4. The quantitative estimate of drug-likeness (QED) is 0.153. The van der Waals surface area contributed by atoms with Gasteiger partial charge in [0.25, 0.3) is 0 Å². The molecule has 2 aromatic heterocycles. The second-order valence-electron chi connectivity index (χ2n) is 10.1. The molecule has 2 aromatic carbocycles. The minimum Gasteiger partial charge on any atom is -0.485 e. The molecule has 1 aliphatic carbocycles. The summed E-state index contributed by atoms with van der Waals surface area (Å²) in [5, 5.41) is 8.98. The maximum Gasteiger partial charge on any atom is 0.303 e. The van der Waals surface area contributed by atoms with E-state index in [2.05, 4.69) is 30.8 Å². The Hall–Kier alpha value is -4.12. The summed E-state index contributed by atoms with van der Waals surface area (Å²) in [6.45, 7) is 3.90. The summed E-state index contributed by atoms with van der Waals surface area (Å²) in [4.78, 5) is 24.4. The molecule has 0 bridgehead atoms. The third-order valence-corrected chi connectivity index (χ3v) is 7.17. The van der Waals surface area contributed by atoms with Crippen molar-refractivity contribution in [2.75, 3.05) is 0 Å². The van der Waals surface area contributed by atoms with Crippen LogP contribution in [0.15, 0.2) is 91.6 Å². The molecule has 0 radical (unpaired) electrons. The highest BCUT2D eigenvalue weighted by Crippen LogP contribution is 2.33. The first-order chi connectivity index (χ1) is 18.5. The SMILES string of the molecule is C=CCC(Oc1ccc(C(=O)c2cc(CCCC(=O)O)n3ccccc23)cc1)c1ccc(CC2CC2)cc1. The Morgan fingerprint density at radius 1 is 1.05 bits per heavy atom. The van der Waals surface area contributed by atoms with Gasteiger partial charge in [-0.2, -0.15) is 0 Å². The van der Waals surface area contributed by atoms with Gasteiger partial charge in [0, 0.05) is 35.9 Å². The number of benzene rings is 2. The number of pyridine rings is 1. The van der Waals surface area contributed by atoms with Gasteiger partial charge < -0.3 is 14.2 Å². The molecule has 5 rings (SSSR count). The summed E-state index contributed by atoms with van der Waals surface area (Å²) in [6.07, 6.45) is 9.37. The maximum absolute atomic E-state index is 13.5. The highest BCUT2D eigenvalue weighted by molar-refractivity contribution is 6.13. The van der Waals surface area contributed by atoms with Gasteiger partial charge in [0.2, 0.25) is 0 Å². The molecule has 0 saturated heterocycles. The van der Waals surface area contributed by atoms with Crippen LogP contribution in [0.3, 0.4) is 0 Å². The van der Waals surface area contributed by atoms with Crippen molar-refractivity contribution >= 4 is 17.3 Å². The first-order valence-electron chi connectivity index (χ1n) is 13.3. The fourth-order valence-corrected chi connectivity index (χ4v) is 4.95. The van der Waals surface area contributed by atoms with Crippen LogP contribution >= 0.6 is 0 Å². The van der Waals surface area contributed by atoms with Gasteiger partial charge in [-0.25, -0.2) is 0 Å². The fourth-order valence-electron chi connectivity index (χ4n) is 4.95. The Balaban J connectivity index is 1.30. The van der Waals surface area contributed by atoms with Gasteiger partial charge in [0.15, 0.2) is 5.78 Å². The molecule has 1 saturated carbocycles. The summed E-state index contributed by atoms with van der Waals surface area (Å²) in [6, 6.07) is 23.6. The van der Waals surface area contributed by atoms with E-state index in [4.69, 9.17) is 9.84 Å². The molecule has 0 aliphatic heterocycles. The number of carbonyl (C=O) groups is 2. The molecule has 2 heterocycles. The van der Waals surface area contributed by atoms with Gasteiger partial charge >= 0.3 is 5.97 Å². The number of carboxylic acids is 1. The van der Waals surface area contributed by atoms with Crippen LogP contribution in [0, 0.1) is 5.92 Å². The number of carbonyl (C=O) groups excluding carboxylic acids is 1. The van der Waals surface area contributed by atoms with Crippen molar-refractivity contribution in [3.05, 3.63) is 120 Å². The van der Waals surface area contributed by atoms with Crippen molar-refractivity contribution in [1.29, 1.82) is 0 Å². The smallest absolute Gasteiger partial charge is 0.303 e. The number of hydrogen-bond acceptors (Lipinski definition) is 3. The summed E-state index contributed by atoms with van der Waals surface area (Å²) in [5.41, 5.74) is 5.43. The normalized spacial score (nSPS) is 13.8. The van der Waals surface area contributed by atoms with Gasteiger partial charge in [-0.05, 0) is 91.6 Å². The maximum atomic E-state index is 13.5. The third-order valence-electron chi connectivity index (χ3n) is 7.17. The van der Waals surface area contributed by atoms with Crippen molar-refractivity contribution < 1.29 is 19.4 Å². The van der Waals surface area contributed by atoms with Crippen molar-refractivity contribution in [3.63, 3.8) is 0 Å². The Morgan fingerprint density at radius 3 is 2.50 bits per heavy atom. The highest BCUT2D eigenvalue weighted by Gasteiger charge is 2.22. The minimum atomic E-state index is -0.814. The predicted molar refractivity (Wildman–Crippen MR) is 149 cm³/mol. The van der Waals surface area contributed by atoms with Crippen molar-refractivity contribution in [2.24, 2.45) is 5.92 Å². The molecule has 0 amide bonds. The van der Waals surface area contributed by atoms with Gasteiger partial charge in [-0.15, -0.1) is 6.58 Å². The Kier molecular flexibility index (Phi) is 7.73. The number of ether oxygens (including phenoxy) is 1. The van der Waals surface area contributed by atoms with Crippen LogP contribution in [-0.2, 0) is 17.6 Å². The number of aliphatic carboxylic acids is 1. The molecule has 194 valence electrons. The van der Waals surface area contributed by atoms with Crippen LogP contribution in [0.4, 0.5) is 0 Å². The molecule has 1 unspecified atom stereocenters. The molecule has 5 nitrogen and oxygen atoms in total. The van der Waals surface area contributed by atoms with E-state index in [1.54, 1.807) is 12.1 Å². The van der Waals surface area contributed by atoms with E-state index in [1.165, 1.54) is 18.4 Å². The zero-order chi connectivity index (χ0) is 26.5. The average molecular weight is 508 g/mol. The van der Waals surface area contributed by atoms with Crippen LogP contribution in [0.25, 0.3) is 5.52 Å². The standard InChI is InChI=1S/C33H33NO4/c1-2-6-31(25-14-12-24(13-15-25)21-23-10-11-23)38-28-18-16-26(17-19-28)33(37)29-22-27(7-5-9-32(35)36)34-20-4-3-8-30(29)34/h2-4,8,12-20,22-23,31H,1,5-7,9-11,21H2,(H,35,36). The first-order valence-corrected chi connectivity index (χ1v) is 13.3. The average Bonchev–Trinajstić information content (AvgIpc) is 3.67. The van der Waals surface area contributed by atoms with E-state index in [0.29, 0.717) is 36.1 Å². The molecule has 5 heteroatoms. The topological polar surface area (TPSA) is 68.0 Å². The van der Waals surface area contributed by atoms with E-state index in [9.17, 15) is 9.59 Å². The molecule has 1 fully saturated rings. The zero-order valence-electron chi connectivity index (χ0n) is 21.5. The first kappa shape index (κ1) is 25.5. The van der Waals surface area contributed by atoms with Gasteiger partial charge in [0.1, 0.15) is 11.9 Å². The summed E-state index contributed by atoms with van der Waals surface area (Å²) >= 11 is 0. The zero-order valence-corrected chi connectivity index (χ0v) is 21.5. The fraction of sp³-hybridized carbons (Fsp3) is 0.273. The minimum absolute atomic E-state index is 0.0707. The molecule has 1 N–H and O–H groups in total. The Labute approximate surface area is 223 Å². The lowest BCUT2D eigenvalue weighted by atomic mass is 10.0. The number of aromatic nitrogens is 1. The number of ketones is 1. The Bertz CT molecular complexity index is 1430. The van der Waals surface area contributed by atoms with E-state index in [-0.39, 0.29) is 18.3 Å². The summed E-state index contributed by atoms with van der Waals surface area (Å²) in [5.74, 6) is 0.673. The van der Waals surface area contributed by atoms with Crippen LogP contribution in [0.2, 0.25) is 0 Å². The largest absolute Gasteiger partial charge is 0.485 e. The summed E-state index contributed by atoms with van der Waals surface area (Å²) in [7, 11) is 0. The highest BCUT2D eigenvalue weighted by atomic mass is 16.5. The molecule has 0 spiro atoms. The second kappa shape index (κ2) is 11.5. The number of fused-ring (bicyclic) bond motifs is 1. The van der Waals surface area contributed by atoms with Crippen LogP contribution < -0.4 is 4.74 Å². The monoisotopic (exact) mass is 507 g/mol. The van der Waals surface area contributed by atoms with Gasteiger partial charge in [-0.3, -0.25) is 9.59 Å². The van der Waals surface area contributed by atoms with Gasteiger partial charge in [-0.1, -0.05) is 36.4 Å². The predicted octanol–water partition coefficient (Wildman–Crippen LogP) is 7.23. The number of carboxylic acid groups (broad SMARTS) is 1. The van der Waals surface area contributed by atoms with E-state index in [0.717, 1.165) is 29.1 Å².